The minimum Gasteiger partial charge on any atom is -0.508 e. The fourth-order valence-corrected chi connectivity index (χ4v) is 2.10. The largest absolute Gasteiger partial charge is 0.508 e. The highest BCUT2D eigenvalue weighted by Crippen LogP contribution is 2.19. The number of phenols is 1. The van der Waals surface area contributed by atoms with E-state index in [0.29, 0.717) is 6.42 Å². The molecule has 1 aliphatic rings. The summed E-state index contributed by atoms with van der Waals surface area (Å²) in [7, 11) is 0. The maximum absolute atomic E-state index is 11.5. The van der Waals surface area contributed by atoms with Crippen molar-refractivity contribution in [3.8, 4) is 5.75 Å². The van der Waals surface area contributed by atoms with E-state index in [1.807, 2.05) is 24.0 Å². The molecule has 0 bridgehead atoms. The van der Waals surface area contributed by atoms with Gasteiger partial charge in [-0.1, -0.05) is 6.92 Å². The smallest absolute Gasteiger partial charge is 0.222 e. The molecule has 4 heteroatoms. The molecule has 17 heavy (non-hydrogen) atoms. The number of carbonyl (C=O) groups is 1. The molecule has 0 radical (unpaired) electrons. The maximum atomic E-state index is 11.5. The molecular formula is C13H18N2O2. The van der Waals surface area contributed by atoms with Crippen LogP contribution in [0.4, 0.5) is 5.69 Å². The van der Waals surface area contributed by atoms with E-state index in [0.717, 1.165) is 31.9 Å². The molecule has 4 nitrogen and oxygen atoms in total. The number of anilines is 1. The lowest BCUT2D eigenvalue weighted by Gasteiger charge is -2.36. The number of rotatable bonds is 2. The van der Waals surface area contributed by atoms with Crippen LogP contribution in [0.2, 0.25) is 0 Å². The summed E-state index contributed by atoms with van der Waals surface area (Å²) in [6.07, 6.45) is 0.583. The van der Waals surface area contributed by atoms with Crippen molar-refractivity contribution in [3.63, 3.8) is 0 Å². The Morgan fingerprint density at radius 1 is 1.18 bits per heavy atom. The van der Waals surface area contributed by atoms with Gasteiger partial charge in [-0.2, -0.15) is 0 Å². The molecule has 1 aromatic rings. The minimum atomic E-state index is 0.232. The minimum absolute atomic E-state index is 0.232. The van der Waals surface area contributed by atoms with Crippen LogP contribution in [0.3, 0.4) is 0 Å². The van der Waals surface area contributed by atoms with Crippen molar-refractivity contribution in [2.75, 3.05) is 31.1 Å². The first-order valence-corrected chi connectivity index (χ1v) is 6.02. The van der Waals surface area contributed by atoms with Crippen LogP contribution in [-0.2, 0) is 4.79 Å². The number of hydrogen-bond donors (Lipinski definition) is 1. The van der Waals surface area contributed by atoms with Crippen molar-refractivity contribution in [3.05, 3.63) is 24.3 Å². The van der Waals surface area contributed by atoms with E-state index in [-0.39, 0.29) is 11.7 Å². The summed E-state index contributed by atoms with van der Waals surface area (Å²) >= 11 is 0. The van der Waals surface area contributed by atoms with Crippen LogP contribution in [0, 0.1) is 0 Å². The number of nitrogens with zero attached hydrogens (tertiary/aromatic N) is 2. The molecule has 1 fully saturated rings. The van der Waals surface area contributed by atoms with Gasteiger partial charge in [0.05, 0.1) is 0 Å². The highest BCUT2D eigenvalue weighted by atomic mass is 16.3. The maximum Gasteiger partial charge on any atom is 0.222 e. The van der Waals surface area contributed by atoms with Gasteiger partial charge in [0.1, 0.15) is 5.75 Å². The number of aromatic hydroxyl groups is 1. The number of amides is 1. The molecule has 1 saturated heterocycles. The highest BCUT2D eigenvalue weighted by molar-refractivity contribution is 5.76. The number of benzene rings is 1. The standard InChI is InChI=1S/C13H18N2O2/c1-2-13(17)15-9-7-14(8-10-15)11-3-5-12(16)6-4-11/h3-6,16H,2,7-10H2,1H3. The lowest BCUT2D eigenvalue weighted by atomic mass is 10.2. The zero-order valence-electron chi connectivity index (χ0n) is 10.1. The van der Waals surface area contributed by atoms with Crippen molar-refractivity contribution >= 4 is 11.6 Å². The van der Waals surface area contributed by atoms with E-state index < -0.39 is 0 Å². The van der Waals surface area contributed by atoms with Gasteiger partial charge in [-0.15, -0.1) is 0 Å². The molecule has 92 valence electrons. The molecule has 1 N–H and O–H groups in total. The van der Waals surface area contributed by atoms with Gasteiger partial charge in [0.15, 0.2) is 0 Å². The summed E-state index contributed by atoms with van der Waals surface area (Å²) in [5.74, 6) is 0.518. The van der Waals surface area contributed by atoms with E-state index in [4.69, 9.17) is 0 Å². The molecule has 0 aliphatic carbocycles. The van der Waals surface area contributed by atoms with Crippen molar-refractivity contribution in [2.24, 2.45) is 0 Å². The zero-order valence-corrected chi connectivity index (χ0v) is 10.1. The molecule has 0 atom stereocenters. The summed E-state index contributed by atoms with van der Waals surface area (Å²) in [5.41, 5.74) is 1.10. The Kier molecular flexibility index (Phi) is 3.52. The van der Waals surface area contributed by atoms with Gasteiger partial charge in [-0.3, -0.25) is 4.79 Å². The number of piperazine rings is 1. The highest BCUT2D eigenvalue weighted by Gasteiger charge is 2.19. The normalized spacial score (nSPS) is 16.1. The van der Waals surface area contributed by atoms with Gasteiger partial charge >= 0.3 is 0 Å². The first kappa shape index (κ1) is 11.8. The quantitative estimate of drug-likeness (QED) is 0.842. The second-order valence-corrected chi connectivity index (χ2v) is 4.24. The first-order chi connectivity index (χ1) is 8.20. The van der Waals surface area contributed by atoms with Crippen LogP contribution in [0.15, 0.2) is 24.3 Å². The molecule has 1 aliphatic heterocycles. The molecule has 0 saturated carbocycles. The third-order valence-electron chi connectivity index (χ3n) is 3.15. The molecular weight excluding hydrogens is 216 g/mol. The molecule has 0 aromatic heterocycles. The molecule has 1 aromatic carbocycles. The first-order valence-electron chi connectivity index (χ1n) is 6.02. The number of hydrogen-bond acceptors (Lipinski definition) is 3. The second-order valence-electron chi connectivity index (χ2n) is 4.24. The Morgan fingerprint density at radius 2 is 1.76 bits per heavy atom. The Morgan fingerprint density at radius 3 is 2.29 bits per heavy atom. The van der Waals surface area contributed by atoms with Crippen LogP contribution in [0.1, 0.15) is 13.3 Å². The van der Waals surface area contributed by atoms with Gasteiger partial charge in [0.2, 0.25) is 5.91 Å². The zero-order chi connectivity index (χ0) is 12.3. The number of phenolic OH excluding ortho intramolecular Hbond substituents is 1. The lowest BCUT2D eigenvalue weighted by Crippen LogP contribution is -2.48. The Labute approximate surface area is 101 Å². The van der Waals surface area contributed by atoms with Crippen LogP contribution >= 0.6 is 0 Å². The molecule has 0 spiro atoms. The van der Waals surface area contributed by atoms with E-state index in [1.165, 1.54) is 0 Å². The monoisotopic (exact) mass is 234 g/mol. The average molecular weight is 234 g/mol. The topological polar surface area (TPSA) is 43.8 Å². The Hall–Kier alpha value is -1.71. The third kappa shape index (κ3) is 2.70. The van der Waals surface area contributed by atoms with E-state index in [1.54, 1.807) is 12.1 Å². The number of carbonyl (C=O) groups excluding carboxylic acids is 1. The summed E-state index contributed by atoms with van der Waals surface area (Å²) in [6.45, 7) is 5.18. The Balaban J connectivity index is 1.95. The van der Waals surface area contributed by atoms with Gasteiger partial charge in [0.25, 0.3) is 0 Å². The molecule has 1 heterocycles. The van der Waals surface area contributed by atoms with Crippen LogP contribution < -0.4 is 4.90 Å². The predicted molar refractivity (Wildman–Crippen MR) is 67.2 cm³/mol. The third-order valence-corrected chi connectivity index (χ3v) is 3.15. The van der Waals surface area contributed by atoms with Gasteiger partial charge in [-0.05, 0) is 24.3 Å². The van der Waals surface area contributed by atoms with E-state index >= 15 is 0 Å². The summed E-state index contributed by atoms with van der Waals surface area (Å²) in [6, 6.07) is 7.21. The van der Waals surface area contributed by atoms with Crippen molar-refractivity contribution in [1.82, 2.24) is 4.90 Å². The van der Waals surface area contributed by atoms with Crippen molar-refractivity contribution in [1.29, 1.82) is 0 Å². The fraction of sp³-hybridized carbons (Fsp3) is 0.462. The van der Waals surface area contributed by atoms with E-state index in [2.05, 4.69) is 4.90 Å². The van der Waals surface area contributed by atoms with Crippen LogP contribution in [-0.4, -0.2) is 42.1 Å². The lowest BCUT2D eigenvalue weighted by molar-refractivity contribution is -0.131. The van der Waals surface area contributed by atoms with Gasteiger partial charge in [-0.25, -0.2) is 0 Å². The Bertz CT molecular complexity index is 381. The molecule has 0 unspecified atom stereocenters. The van der Waals surface area contributed by atoms with Gasteiger partial charge in [0, 0.05) is 38.3 Å². The average Bonchev–Trinajstić information content (AvgIpc) is 2.39. The summed E-state index contributed by atoms with van der Waals surface area (Å²) in [5, 5.41) is 9.23. The van der Waals surface area contributed by atoms with Crippen LogP contribution in [0.5, 0.6) is 5.75 Å². The fourth-order valence-electron chi connectivity index (χ4n) is 2.10. The summed E-state index contributed by atoms with van der Waals surface area (Å²) < 4.78 is 0. The summed E-state index contributed by atoms with van der Waals surface area (Å²) in [4.78, 5) is 15.7. The molecule has 1 amide bonds. The predicted octanol–water partition coefficient (Wildman–Crippen LogP) is 1.45. The SMILES string of the molecule is CCC(=O)N1CCN(c2ccc(O)cc2)CC1. The van der Waals surface area contributed by atoms with Crippen molar-refractivity contribution in [2.45, 2.75) is 13.3 Å². The van der Waals surface area contributed by atoms with Crippen molar-refractivity contribution < 1.29 is 9.90 Å². The van der Waals surface area contributed by atoms with Gasteiger partial charge < -0.3 is 14.9 Å². The second kappa shape index (κ2) is 5.08. The van der Waals surface area contributed by atoms with Crippen LogP contribution in [0.25, 0.3) is 0 Å². The molecule has 2 rings (SSSR count). The van der Waals surface area contributed by atoms with E-state index in [9.17, 15) is 9.90 Å².